The van der Waals surface area contributed by atoms with Crippen LogP contribution in [0.25, 0.3) is 0 Å². The third-order valence-electron chi connectivity index (χ3n) is 7.74. The molecule has 218 valence electrons. The summed E-state index contributed by atoms with van der Waals surface area (Å²) in [5.41, 5.74) is 0.148. The van der Waals surface area contributed by atoms with Gasteiger partial charge in [0.25, 0.3) is 0 Å². The molecule has 4 atom stereocenters. The minimum absolute atomic E-state index is 0.0617. The summed E-state index contributed by atoms with van der Waals surface area (Å²) in [6, 6.07) is -2.93. The lowest BCUT2D eigenvalue weighted by atomic mass is 9.79. The standard InChI is InChI=1S/C30H46NO7P/c1-4-28(33)37-30(22(2)3)38-39(36,18-12-11-15-23-13-7-5-8-14-23)21-27(32)31-20-25(19-26(31)29(34)35)24-16-9-6-10-17-24/h5,7-8,13-14,22,24-26,30H,4,6,9-12,15-21H2,1-3H3,(H,34,35)/t25-,26+,30?,39?/m1/s1/i5D,7D,8D,13D,14D. The molecule has 2 aliphatic rings. The first-order valence-corrected chi connectivity index (χ1v) is 16.2. The molecule has 1 heterocycles. The van der Waals surface area contributed by atoms with Gasteiger partial charge in [0.2, 0.25) is 19.6 Å². The maximum Gasteiger partial charge on any atom is 0.326 e. The Kier molecular flexibility index (Phi) is 9.46. The smallest absolute Gasteiger partial charge is 0.326 e. The molecule has 3 rings (SSSR count). The van der Waals surface area contributed by atoms with Crippen LogP contribution >= 0.6 is 7.37 Å². The summed E-state index contributed by atoms with van der Waals surface area (Å²) >= 11 is 0. The van der Waals surface area contributed by atoms with E-state index in [1.165, 1.54) is 4.90 Å². The molecule has 1 saturated carbocycles. The Morgan fingerprint density at radius 2 is 1.79 bits per heavy atom. The quantitative estimate of drug-likeness (QED) is 0.125. The average Bonchev–Trinajstić information content (AvgIpc) is 3.45. The number of amides is 1. The molecular formula is C30H46NO7P. The summed E-state index contributed by atoms with van der Waals surface area (Å²) in [6.45, 7) is 5.36. The Bertz CT molecular complexity index is 1230. The van der Waals surface area contributed by atoms with Crippen LogP contribution in [0.15, 0.2) is 30.2 Å². The minimum atomic E-state index is -3.84. The predicted octanol–water partition coefficient (Wildman–Crippen LogP) is 6.12. The van der Waals surface area contributed by atoms with Crippen LogP contribution < -0.4 is 0 Å². The van der Waals surface area contributed by atoms with Gasteiger partial charge in [-0.05, 0) is 43.1 Å². The number of esters is 1. The largest absolute Gasteiger partial charge is 0.480 e. The summed E-state index contributed by atoms with van der Waals surface area (Å²) < 4.78 is 65.6. The molecule has 0 aromatic heterocycles. The number of nitrogens with zero attached hydrogens (tertiary/aromatic N) is 1. The van der Waals surface area contributed by atoms with Crippen molar-refractivity contribution in [3.63, 3.8) is 0 Å². The van der Waals surface area contributed by atoms with Crippen LogP contribution in [0.3, 0.4) is 0 Å². The number of aliphatic carboxylic acids is 1. The highest BCUT2D eigenvalue weighted by molar-refractivity contribution is 7.59. The molecule has 1 aliphatic carbocycles. The Morgan fingerprint density at radius 1 is 1.10 bits per heavy atom. The Balaban J connectivity index is 1.79. The van der Waals surface area contributed by atoms with Gasteiger partial charge < -0.3 is 14.7 Å². The van der Waals surface area contributed by atoms with Gasteiger partial charge in [0.15, 0.2) is 0 Å². The number of hydrogen-bond acceptors (Lipinski definition) is 6. The van der Waals surface area contributed by atoms with Crippen LogP contribution in [0.2, 0.25) is 0 Å². The molecule has 1 saturated heterocycles. The Labute approximate surface area is 240 Å². The van der Waals surface area contributed by atoms with E-state index >= 15 is 0 Å². The zero-order valence-corrected chi connectivity index (χ0v) is 24.3. The molecule has 1 aromatic rings. The van der Waals surface area contributed by atoms with Gasteiger partial charge in [0, 0.05) is 25.0 Å². The zero-order valence-electron chi connectivity index (χ0n) is 28.4. The van der Waals surface area contributed by atoms with Gasteiger partial charge in [0.05, 0.1) is 6.85 Å². The molecular weight excluding hydrogens is 517 g/mol. The van der Waals surface area contributed by atoms with Crippen molar-refractivity contribution in [1.29, 1.82) is 0 Å². The molecule has 8 nitrogen and oxygen atoms in total. The summed E-state index contributed by atoms with van der Waals surface area (Å²) in [4.78, 5) is 39.3. The van der Waals surface area contributed by atoms with Gasteiger partial charge in [-0.1, -0.05) is 83.1 Å². The molecule has 0 bridgehead atoms. The van der Waals surface area contributed by atoms with E-state index in [0.29, 0.717) is 18.8 Å². The van der Waals surface area contributed by atoms with E-state index in [-0.39, 0.29) is 61.5 Å². The topological polar surface area (TPSA) is 110 Å². The first-order valence-electron chi connectivity index (χ1n) is 16.7. The van der Waals surface area contributed by atoms with Crippen LogP contribution in [-0.2, 0) is 34.6 Å². The van der Waals surface area contributed by atoms with Crippen LogP contribution in [0, 0.1) is 17.8 Å². The summed E-state index contributed by atoms with van der Waals surface area (Å²) in [5, 5.41) is 9.95. The number of rotatable bonds is 14. The molecule has 1 aromatic carbocycles. The summed E-state index contributed by atoms with van der Waals surface area (Å²) in [5.74, 6) is -2.19. The van der Waals surface area contributed by atoms with Gasteiger partial charge in [-0.15, -0.1) is 0 Å². The van der Waals surface area contributed by atoms with Crippen molar-refractivity contribution in [3.05, 3.63) is 35.8 Å². The molecule has 0 radical (unpaired) electrons. The molecule has 9 heteroatoms. The van der Waals surface area contributed by atoms with E-state index in [2.05, 4.69) is 0 Å². The van der Waals surface area contributed by atoms with Gasteiger partial charge in [0.1, 0.15) is 12.2 Å². The van der Waals surface area contributed by atoms with Crippen molar-refractivity contribution >= 4 is 25.2 Å². The van der Waals surface area contributed by atoms with E-state index in [1.807, 2.05) is 0 Å². The molecule has 0 spiro atoms. The van der Waals surface area contributed by atoms with Crippen LogP contribution in [-0.4, -0.2) is 59.1 Å². The Hall–Kier alpha value is -2.18. The lowest BCUT2D eigenvalue weighted by molar-refractivity contribution is -0.169. The number of carboxylic acids is 1. The third kappa shape index (κ3) is 9.46. The van der Waals surface area contributed by atoms with E-state index in [9.17, 15) is 24.1 Å². The Morgan fingerprint density at radius 3 is 2.41 bits per heavy atom. The van der Waals surface area contributed by atoms with E-state index < -0.39 is 61.8 Å². The highest BCUT2D eigenvalue weighted by atomic mass is 31.2. The van der Waals surface area contributed by atoms with E-state index in [0.717, 1.165) is 32.1 Å². The first-order chi connectivity index (χ1) is 20.7. The zero-order chi connectivity index (χ0) is 32.8. The van der Waals surface area contributed by atoms with Crippen molar-refractivity contribution in [2.75, 3.05) is 18.9 Å². The van der Waals surface area contributed by atoms with Crippen LogP contribution in [0.1, 0.15) is 91.0 Å². The number of carbonyl (C=O) groups excluding carboxylic acids is 2. The normalized spacial score (nSPS) is 24.2. The van der Waals surface area contributed by atoms with Crippen LogP contribution in [0.4, 0.5) is 0 Å². The number of unbranched alkanes of at least 4 members (excludes halogenated alkanes) is 1. The second-order valence-electron chi connectivity index (χ2n) is 11.1. The fourth-order valence-corrected chi connectivity index (χ4v) is 7.83. The van der Waals surface area contributed by atoms with Crippen molar-refractivity contribution in [3.8, 4) is 0 Å². The predicted molar refractivity (Wildman–Crippen MR) is 151 cm³/mol. The first kappa shape index (κ1) is 24.6. The number of benzene rings is 1. The van der Waals surface area contributed by atoms with Gasteiger partial charge in [-0.3, -0.25) is 18.7 Å². The van der Waals surface area contributed by atoms with E-state index in [1.54, 1.807) is 20.8 Å². The molecule has 2 fully saturated rings. The summed E-state index contributed by atoms with van der Waals surface area (Å²) in [6.07, 6.45) is 4.61. The minimum Gasteiger partial charge on any atom is -0.480 e. The average molecular weight is 569 g/mol. The second-order valence-corrected chi connectivity index (χ2v) is 13.7. The third-order valence-corrected chi connectivity index (χ3v) is 10.1. The monoisotopic (exact) mass is 568 g/mol. The second kappa shape index (κ2) is 15.0. The molecule has 2 unspecified atom stereocenters. The number of carbonyl (C=O) groups is 3. The molecule has 39 heavy (non-hydrogen) atoms. The maximum atomic E-state index is 14.4. The number of likely N-dealkylation sites (tertiary alicyclic amines) is 1. The number of hydrogen-bond donors (Lipinski definition) is 1. The van der Waals surface area contributed by atoms with Gasteiger partial charge in [-0.2, -0.15) is 0 Å². The van der Waals surface area contributed by atoms with Crippen molar-refractivity contribution in [2.24, 2.45) is 17.8 Å². The van der Waals surface area contributed by atoms with Crippen molar-refractivity contribution in [2.45, 2.75) is 97.3 Å². The van der Waals surface area contributed by atoms with Crippen molar-refractivity contribution < 1.29 is 40.2 Å². The number of carboxylic acid groups (broad SMARTS) is 1. The maximum absolute atomic E-state index is 14.4. The highest BCUT2D eigenvalue weighted by Crippen LogP contribution is 2.51. The van der Waals surface area contributed by atoms with Gasteiger partial charge >= 0.3 is 11.9 Å². The fraction of sp³-hybridized carbons (Fsp3) is 0.700. The SMILES string of the molecule is [2H]c1c([2H])c([2H])c(CCCCP(=O)(CC(=O)N2C[C@H](C3CCCCC3)C[C@H]2C(=O)O)OC(OC(=O)CC)C(C)C)c([2H])c1[2H]. The van der Waals surface area contributed by atoms with E-state index in [4.69, 9.17) is 16.1 Å². The highest BCUT2D eigenvalue weighted by Gasteiger charge is 2.44. The summed E-state index contributed by atoms with van der Waals surface area (Å²) in [7, 11) is -3.84. The fourth-order valence-electron chi connectivity index (χ4n) is 5.53. The molecule has 1 N–H and O–H groups in total. The molecule has 1 aliphatic heterocycles. The molecule has 1 amide bonds. The number of ether oxygens (including phenoxy) is 1. The van der Waals surface area contributed by atoms with Crippen molar-refractivity contribution in [1.82, 2.24) is 4.90 Å². The van der Waals surface area contributed by atoms with Crippen LogP contribution in [0.5, 0.6) is 0 Å². The lowest BCUT2D eigenvalue weighted by Crippen LogP contribution is -2.42. The van der Waals surface area contributed by atoms with Gasteiger partial charge in [-0.25, -0.2) is 4.79 Å². The lowest BCUT2D eigenvalue weighted by Gasteiger charge is -2.30.